The van der Waals surface area contributed by atoms with Crippen LogP contribution in [0.1, 0.15) is 15.9 Å². The number of benzene rings is 2. The van der Waals surface area contributed by atoms with E-state index in [0.717, 1.165) is 0 Å². The molecule has 1 amide bonds. The van der Waals surface area contributed by atoms with Gasteiger partial charge in [-0.05, 0) is 30.3 Å². The number of amidine groups is 1. The average Bonchev–Trinajstić information content (AvgIpc) is 2.64. The summed E-state index contributed by atoms with van der Waals surface area (Å²) < 4.78 is 15.8. The Kier molecular flexibility index (Phi) is 5.67. The zero-order valence-electron chi connectivity index (χ0n) is 14.2. The first-order valence-electron chi connectivity index (χ1n) is 7.29. The molecule has 0 unspecified atom stereocenters. The van der Waals surface area contributed by atoms with E-state index in [0.29, 0.717) is 34.1 Å². The van der Waals surface area contributed by atoms with E-state index in [-0.39, 0.29) is 5.84 Å². The van der Waals surface area contributed by atoms with Crippen molar-refractivity contribution in [2.75, 3.05) is 27.1 Å². The Hall–Kier alpha value is -3.42. The second kappa shape index (κ2) is 7.91. The van der Waals surface area contributed by atoms with E-state index in [9.17, 15) is 4.79 Å². The molecule has 0 atom stereocenters. The van der Waals surface area contributed by atoms with Crippen LogP contribution >= 0.6 is 0 Å². The fraction of sp³-hybridized carbons (Fsp3) is 0.176. The summed E-state index contributed by atoms with van der Waals surface area (Å²) in [5.41, 5.74) is 15.3. The summed E-state index contributed by atoms with van der Waals surface area (Å²) in [4.78, 5) is 12.1. The van der Waals surface area contributed by atoms with Crippen LogP contribution in [-0.4, -0.2) is 33.1 Å². The van der Waals surface area contributed by atoms with Gasteiger partial charge in [-0.1, -0.05) is 6.07 Å². The summed E-state index contributed by atoms with van der Waals surface area (Å²) in [6, 6.07) is 9.79. The van der Waals surface area contributed by atoms with Crippen LogP contribution in [0.25, 0.3) is 0 Å². The van der Waals surface area contributed by atoms with Crippen LogP contribution in [0.15, 0.2) is 41.5 Å². The summed E-state index contributed by atoms with van der Waals surface area (Å²) in [6.45, 7) is 0. The molecule has 25 heavy (non-hydrogen) atoms. The van der Waals surface area contributed by atoms with Crippen molar-refractivity contribution in [1.29, 1.82) is 0 Å². The highest BCUT2D eigenvalue weighted by atomic mass is 16.5. The molecule has 0 bridgehead atoms. The van der Waals surface area contributed by atoms with Gasteiger partial charge < -0.3 is 25.7 Å². The van der Waals surface area contributed by atoms with Gasteiger partial charge in [0.15, 0.2) is 17.3 Å². The maximum atomic E-state index is 12.1. The minimum atomic E-state index is -0.428. The summed E-state index contributed by atoms with van der Waals surface area (Å²) in [6.07, 6.45) is 0. The van der Waals surface area contributed by atoms with Crippen LogP contribution in [-0.2, 0) is 0 Å². The number of rotatable bonds is 6. The van der Waals surface area contributed by atoms with Gasteiger partial charge in [0.1, 0.15) is 0 Å². The minimum Gasteiger partial charge on any atom is -0.493 e. The van der Waals surface area contributed by atoms with Gasteiger partial charge in [0.05, 0.1) is 21.3 Å². The number of ether oxygens (including phenoxy) is 3. The number of amides is 1. The molecule has 5 N–H and O–H groups in total. The van der Waals surface area contributed by atoms with Gasteiger partial charge >= 0.3 is 0 Å². The molecule has 0 aliphatic carbocycles. The quantitative estimate of drug-likeness (QED) is 0.315. The van der Waals surface area contributed by atoms with Crippen LogP contribution in [0, 0.1) is 0 Å². The topological polar surface area (TPSA) is 121 Å². The fourth-order valence-electron chi connectivity index (χ4n) is 2.15. The number of nitrogens with two attached hydrogens (primary N) is 2. The Labute approximate surface area is 145 Å². The van der Waals surface area contributed by atoms with Crippen molar-refractivity contribution in [3.8, 4) is 17.2 Å². The smallest absolute Gasteiger partial charge is 0.271 e. The molecule has 0 heterocycles. The summed E-state index contributed by atoms with van der Waals surface area (Å²) in [5, 5.41) is 3.91. The number of nitrogens with one attached hydrogen (secondary N) is 1. The largest absolute Gasteiger partial charge is 0.493 e. The third-order valence-corrected chi connectivity index (χ3v) is 3.39. The number of anilines is 1. The summed E-state index contributed by atoms with van der Waals surface area (Å²) >= 11 is 0. The third-order valence-electron chi connectivity index (χ3n) is 3.39. The van der Waals surface area contributed by atoms with Crippen molar-refractivity contribution >= 4 is 17.4 Å². The minimum absolute atomic E-state index is 0.0801. The Morgan fingerprint density at radius 2 is 1.64 bits per heavy atom. The first-order chi connectivity index (χ1) is 12.0. The van der Waals surface area contributed by atoms with E-state index in [1.165, 1.54) is 21.3 Å². The highest BCUT2D eigenvalue weighted by molar-refractivity contribution is 6.01. The monoisotopic (exact) mass is 344 g/mol. The first kappa shape index (κ1) is 17.9. The second-order valence-electron chi connectivity index (χ2n) is 4.98. The number of methoxy groups -OCH3 is 3. The molecule has 0 aliphatic heterocycles. The van der Waals surface area contributed by atoms with Gasteiger partial charge in [-0.2, -0.15) is 5.10 Å². The number of nitrogens with zero attached hydrogens (tertiary/aromatic N) is 1. The molecule has 0 aliphatic rings. The van der Waals surface area contributed by atoms with Crippen molar-refractivity contribution in [3.63, 3.8) is 0 Å². The van der Waals surface area contributed by atoms with Crippen molar-refractivity contribution in [2.24, 2.45) is 10.8 Å². The van der Waals surface area contributed by atoms with Crippen molar-refractivity contribution < 1.29 is 19.0 Å². The third kappa shape index (κ3) is 4.11. The highest BCUT2D eigenvalue weighted by Gasteiger charge is 2.15. The zero-order valence-corrected chi connectivity index (χ0v) is 14.2. The lowest BCUT2D eigenvalue weighted by Crippen LogP contribution is -2.24. The molecular weight excluding hydrogens is 324 g/mol. The summed E-state index contributed by atoms with van der Waals surface area (Å²) in [5.74, 6) is 0.943. The van der Waals surface area contributed by atoms with E-state index in [4.69, 9.17) is 25.7 Å². The average molecular weight is 344 g/mol. The van der Waals surface area contributed by atoms with Crippen molar-refractivity contribution in [2.45, 2.75) is 0 Å². The molecule has 0 radical (unpaired) electrons. The molecular formula is C17H20N4O4. The van der Waals surface area contributed by atoms with Crippen LogP contribution < -0.4 is 31.1 Å². The van der Waals surface area contributed by atoms with Crippen molar-refractivity contribution in [1.82, 2.24) is 5.43 Å². The number of carbonyl (C=O) groups is 1. The molecule has 0 aromatic heterocycles. The molecule has 2 aromatic rings. The number of hydrogen-bond acceptors (Lipinski definition) is 6. The molecule has 132 valence electrons. The van der Waals surface area contributed by atoms with Gasteiger partial charge in [-0.25, -0.2) is 5.43 Å². The SMILES string of the molecule is COc1cc(C(N)=NNC(=O)c2cccc(N)c2)cc(OC)c1OC. The summed E-state index contributed by atoms with van der Waals surface area (Å²) in [7, 11) is 4.50. The normalized spacial score (nSPS) is 10.9. The van der Waals surface area contributed by atoms with Crippen LogP contribution in [0.4, 0.5) is 5.69 Å². The Bertz CT molecular complexity index is 780. The lowest BCUT2D eigenvalue weighted by atomic mass is 10.1. The predicted molar refractivity (Wildman–Crippen MR) is 95.1 cm³/mol. The number of hydrogen-bond donors (Lipinski definition) is 3. The Morgan fingerprint density at radius 1 is 1.00 bits per heavy atom. The lowest BCUT2D eigenvalue weighted by molar-refractivity contribution is 0.0955. The number of nitrogen functional groups attached to an aromatic ring is 1. The number of carbonyl (C=O) groups excluding carboxylic acids is 1. The van der Waals surface area contributed by atoms with Gasteiger partial charge in [0.2, 0.25) is 5.75 Å². The van der Waals surface area contributed by atoms with E-state index >= 15 is 0 Å². The van der Waals surface area contributed by atoms with Gasteiger partial charge in [0, 0.05) is 16.8 Å². The Morgan fingerprint density at radius 3 is 2.16 bits per heavy atom. The van der Waals surface area contributed by atoms with Crippen LogP contribution in [0.3, 0.4) is 0 Å². The predicted octanol–water partition coefficient (Wildman–Crippen LogP) is 1.34. The Balaban J connectivity index is 2.26. The number of hydrazone groups is 1. The molecule has 0 saturated carbocycles. The van der Waals surface area contributed by atoms with Gasteiger partial charge in [-0.15, -0.1) is 0 Å². The first-order valence-corrected chi connectivity index (χ1v) is 7.29. The van der Waals surface area contributed by atoms with Crippen LogP contribution in [0.5, 0.6) is 17.2 Å². The maximum Gasteiger partial charge on any atom is 0.271 e. The molecule has 8 nitrogen and oxygen atoms in total. The molecule has 0 saturated heterocycles. The zero-order chi connectivity index (χ0) is 18.4. The van der Waals surface area contributed by atoms with E-state index < -0.39 is 5.91 Å². The van der Waals surface area contributed by atoms with E-state index in [1.54, 1.807) is 36.4 Å². The molecule has 0 fully saturated rings. The van der Waals surface area contributed by atoms with E-state index in [1.807, 2.05) is 0 Å². The molecule has 0 spiro atoms. The lowest BCUT2D eigenvalue weighted by Gasteiger charge is -2.13. The molecule has 2 aromatic carbocycles. The standard InChI is InChI=1S/C17H20N4O4/c1-23-13-8-11(9-14(24-2)15(13)25-3)16(19)20-21-17(22)10-5-4-6-12(18)7-10/h4-9H,18H2,1-3H3,(H2,19,20)(H,21,22). The fourth-order valence-corrected chi connectivity index (χ4v) is 2.15. The van der Waals surface area contributed by atoms with Crippen LogP contribution in [0.2, 0.25) is 0 Å². The van der Waals surface area contributed by atoms with Crippen molar-refractivity contribution in [3.05, 3.63) is 47.5 Å². The van der Waals surface area contributed by atoms with Gasteiger partial charge in [-0.3, -0.25) is 4.79 Å². The maximum absolute atomic E-state index is 12.1. The van der Waals surface area contributed by atoms with Gasteiger partial charge in [0.25, 0.3) is 5.91 Å². The van der Waals surface area contributed by atoms with E-state index in [2.05, 4.69) is 10.5 Å². The second-order valence-corrected chi connectivity index (χ2v) is 4.98. The molecule has 8 heteroatoms. The highest BCUT2D eigenvalue weighted by Crippen LogP contribution is 2.38. The molecule has 2 rings (SSSR count).